The Labute approximate surface area is 123 Å². The van der Waals surface area contributed by atoms with Crippen molar-refractivity contribution in [2.24, 2.45) is 0 Å². The van der Waals surface area contributed by atoms with Crippen LogP contribution < -0.4 is 9.47 Å². The number of aromatic amines is 1. The second kappa shape index (κ2) is 5.87. The molecule has 108 valence electrons. The van der Waals surface area contributed by atoms with Crippen LogP contribution >= 0.6 is 0 Å². The first-order chi connectivity index (χ1) is 10.3. The van der Waals surface area contributed by atoms with Crippen LogP contribution in [0, 0.1) is 6.92 Å². The van der Waals surface area contributed by atoms with Crippen molar-refractivity contribution in [3.8, 4) is 11.5 Å². The predicted molar refractivity (Wildman–Crippen MR) is 83.0 cm³/mol. The Kier molecular flexibility index (Phi) is 3.77. The summed E-state index contributed by atoms with van der Waals surface area (Å²) in [5.41, 5.74) is 3.35. The number of fused-ring (bicyclic) bond motifs is 1. The number of rotatable bonds is 5. The van der Waals surface area contributed by atoms with Crippen LogP contribution in [0.2, 0.25) is 0 Å². The van der Waals surface area contributed by atoms with Crippen LogP contribution in [-0.2, 0) is 6.42 Å². The Bertz CT molecular complexity index is 749. The van der Waals surface area contributed by atoms with E-state index in [2.05, 4.69) is 22.3 Å². The van der Waals surface area contributed by atoms with Gasteiger partial charge in [0.05, 0.1) is 25.4 Å². The Morgan fingerprint density at radius 3 is 2.95 bits per heavy atom. The summed E-state index contributed by atoms with van der Waals surface area (Å²) in [5, 5.41) is 8.07. The molecule has 4 heteroatoms. The van der Waals surface area contributed by atoms with Crippen molar-refractivity contribution in [2.45, 2.75) is 13.3 Å². The van der Waals surface area contributed by atoms with E-state index in [0.717, 1.165) is 34.4 Å². The van der Waals surface area contributed by atoms with Crippen LogP contribution in [0.15, 0.2) is 42.6 Å². The number of nitrogens with one attached hydrogen (secondary N) is 1. The van der Waals surface area contributed by atoms with E-state index >= 15 is 0 Å². The highest BCUT2D eigenvalue weighted by Crippen LogP contribution is 2.24. The third-order valence-corrected chi connectivity index (χ3v) is 3.52. The van der Waals surface area contributed by atoms with Gasteiger partial charge < -0.3 is 9.47 Å². The van der Waals surface area contributed by atoms with Crippen LogP contribution in [0.3, 0.4) is 0 Å². The first-order valence-electron chi connectivity index (χ1n) is 6.96. The van der Waals surface area contributed by atoms with Gasteiger partial charge in [-0.15, -0.1) is 0 Å². The molecule has 1 aromatic heterocycles. The van der Waals surface area contributed by atoms with Crippen molar-refractivity contribution in [3.05, 3.63) is 53.7 Å². The third kappa shape index (κ3) is 2.99. The summed E-state index contributed by atoms with van der Waals surface area (Å²) < 4.78 is 11.1. The second-order valence-corrected chi connectivity index (χ2v) is 5.02. The molecular formula is C17H18N2O2. The van der Waals surface area contributed by atoms with Crippen molar-refractivity contribution in [1.82, 2.24) is 10.2 Å². The summed E-state index contributed by atoms with van der Waals surface area (Å²) in [6, 6.07) is 12.1. The molecule has 0 saturated heterocycles. The number of ether oxygens (including phenoxy) is 2. The summed E-state index contributed by atoms with van der Waals surface area (Å²) in [6.45, 7) is 2.68. The lowest BCUT2D eigenvalue weighted by Gasteiger charge is -2.10. The second-order valence-electron chi connectivity index (χ2n) is 5.02. The quantitative estimate of drug-likeness (QED) is 0.779. The molecule has 1 heterocycles. The van der Waals surface area contributed by atoms with Gasteiger partial charge in [0.1, 0.15) is 11.5 Å². The number of H-pyrrole nitrogens is 1. The largest absolute Gasteiger partial charge is 0.497 e. The average Bonchev–Trinajstić information content (AvgIpc) is 2.94. The average molecular weight is 282 g/mol. The lowest BCUT2D eigenvalue weighted by Crippen LogP contribution is -2.02. The maximum absolute atomic E-state index is 5.91. The number of hydrogen-bond acceptors (Lipinski definition) is 3. The van der Waals surface area contributed by atoms with Crippen LogP contribution in [0.25, 0.3) is 10.9 Å². The molecule has 0 aliphatic rings. The number of nitrogens with zero attached hydrogens (tertiary/aromatic N) is 1. The molecule has 0 amide bonds. The monoisotopic (exact) mass is 282 g/mol. The fraction of sp³-hybridized carbons (Fsp3) is 0.235. The zero-order valence-electron chi connectivity index (χ0n) is 12.2. The Balaban J connectivity index is 1.67. The predicted octanol–water partition coefficient (Wildman–Crippen LogP) is 3.50. The molecule has 21 heavy (non-hydrogen) atoms. The van der Waals surface area contributed by atoms with Gasteiger partial charge >= 0.3 is 0 Å². The third-order valence-electron chi connectivity index (χ3n) is 3.52. The van der Waals surface area contributed by atoms with Crippen molar-refractivity contribution < 1.29 is 9.47 Å². The zero-order valence-corrected chi connectivity index (χ0v) is 12.2. The summed E-state index contributed by atoms with van der Waals surface area (Å²) in [4.78, 5) is 0. The minimum absolute atomic E-state index is 0.636. The van der Waals surface area contributed by atoms with E-state index in [1.54, 1.807) is 7.11 Å². The first kappa shape index (κ1) is 13.5. The molecule has 0 aliphatic heterocycles. The molecule has 0 atom stereocenters. The summed E-state index contributed by atoms with van der Waals surface area (Å²) in [7, 11) is 1.68. The lowest BCUT2D eigenvalue weighted by atomic mass is 10.1. The van der Waals surface area contributed by atoms with Gasteiger partial charge in [-0.25, -0.2) is 0 Å². The van der Waals surface area contributed by atoms with E-state index in [1.165, 1.54) is 5.56 Å². The van der Waals surface area contributed by atoms with E-state index < -0.39 is 0 Å². The molecule has 0 aliphatic carbocycles. The van der Waals surface area contributed by atoms with Gasteiger partial charge in [0.2, 0.25) is 0 Å². The van der Waals surface area contributed by atoms with Crippen LogP contribution in [-0.4, -0.2) is 23.9 Å². The van der Waals surface area contributed by atoms with Crippen molar-refractivity contribution in [2.75, 3.05) is 13.7 Å². The molecule has 0 saturated carbocycles. The van der Waals surface area contributed by atoms with Crippen molar-refractivity contribution in [3.63, 3.8) is 0 Å². The molecule has 3 rings (SSSR count). The Morgan fingerprint density at radius 1 is 1.19 bits per heavy atom. The van der Waals surface area contributed by atoms with E-state index in [9.17, 15) is 0 Å². The van der Waals surface area contributed by atoms with Crippen LogP contribution in [0.5, 0.6) is 11.5 Å². The van der Waals surface area contributed by atoms with Gasteiger partial charge in [0.25, 0.3) is 0 Å². The number of aromatic nitrogens is 2. The normalized spacial score (nSPS) is 10.8. The van der Waals surface area contributed by atoms with Crippen molar-refractivity contribution in [1.29, 1.82) is 0 Å². The first-order valence-corrected chi connectivity index (χ1v) is 6.96. The number of hydrogen-bond donors (Lipinski definition) is 1. The highest BCUT2D eigenvalue weighted by Gasteiger charge is 2.04. The van der Waals surface area contributed by atoms with Crippen molar-refractivity contribution >= 4 is 10.9 Å². The molecule has 1 N–H and O–H groups in total. The standard InChI is InChI=1S/C17H18N2O2/c1-12-8-16-14(11-18-19-16)10-17(12)21-7-6-13-4-3-5-15(9-13)20-2/h3-5,8-11H,6-7H2,1-2H3,(H,18,19). The van der Waals surface area contributed by atoms with Crippen LogP contribution in [0.4, 0.5) is 0 Å². The zero-order chi connectivity index (χ0) is 14.7. The maximum atomic E-state index is 5.91. The minimum atomic E-state index is 0.636. The fourth-order valence-corrected chi connectivity index (χ4v) is 2.34. The summed E-state index contributed by atoms with van der Waals surface area (Å²) in [5.74, 6) is 1.79. The van der Waals surface area contributed by atoms with Gasteiger partial charge in [-0.2, -0.15) is 5.10 Å². The Morgan fingerprint density at radius 2 is 2.10 bits per heavy atom. The van der Waals surface area contributed by atoms with Gasteiger partial charge in [0.15, 0.2) is 0 Å². The summed E-state index contributed by atoms with van der Waals surface area (Å²) in [6.07, 6.45) is 2.66. The molecule has 0 bridgehead atoms. The molecule has 0 fully saturated rings. The van der Waals surface area contributed by atoms with Crippen LogP contribution in [0.1, 0.15) is 11.1 Å². The number of aryl methyl sites for hydroxylation is 1. The van der Waals surface area contributed by atoms with E-state index in [-0.39, 0.29) is 0 Å². The SMILES string of the molecule is COc1cccc(CCOc2cc3cn[nH]c3cc2C)c1. The molecule has 3 aromatic rings. The molecule has 0 spiro atoms. The summed E-state index contributed by atoms with van der Waals surface area (Å²) >= 11 is 0. The number of benzene rings is 2. The minimum Gasteiger partial charge on any atom is -0.497 e. The molecule has 4 nitrogen and oxygen atoms in total. The highest BCUT2D eigenvalue weighted by molar-refractivity contribution is 5.80. The Hall–Kier alpha value is -2.49. The molecule has 0 radical (unpaired) electrons. The van der Waals surface area contributed by atoms with Gasteiger partial charge in [-0.3, -0.25) is 5.10 Å². The number of methoxy groups -OCH3 is 1. The molecule has 2 aromatic carbocycles. The topological polar surface area (TPSA) is 47.1 Å². The lowest BCUT2D eigenvalue weighted by molar-refractivity contribution is 0.320. The fourth-order valence-electron chi connectivity index (χ4n) is 2.34. The molecular weight excluding hydrogens is 264 g/mol. The molecule has 0 unspecified atom stereocenters. The van der Waals surface area contributed by atoms with E-state index in [0.29, 0.717) is 6.61 Å². The van der Waals surface area contributed by atoms with Gasteiger partial charge in [-0.05, 0) is 42.3 Å². The van der Waals surface area contributed by atoms with E-state index in [4.69, 9.17) is 9.47 Å². The highest BCUT2D eigenvalue weighted by atomic mass is 16.5. The van der Waals surface area contributed by atoms with E-state index in [1.807, 2.05) is 37.4 Å². The van der Waals surface area contributed by atoms with Gasteiger partial charge in [-0.1, -0.05) is 12.1 Å². The maximum Gasteiger partial charge on any atom is 0.123 e. The van der Waals surface area contributed by atoms with Gasteiger partial charge in [0, 0.05) is 11.8 Å². The smallest absolute Gasteiger partial charge is 0.123 e.